The van der Waals surface area contributed by atoms with E-state index in [1.165, 1.54) is 77.0 Å². The number of unbranched alkanes of at least 4 members (excludes halogenated alkanes) is 6. The Morgan fingerprint density at radius 1 is 0.383 bits per heavy atom. The van der Waals surface area contributed by atoms with Crippen LogP contribution in [0.1, 0.15) is 198 Å². The molecule has 0 spiro atoms. The highest BCUT2D eigenvalue weighted by Crippen LogP contribution is 2.28. The molecule has 0 aromatic heterocycles. The topological polar surface area (TPSA) is 27.7 Å². The van der Waals surface area contributed by atoms with E-state index in [1.54, 1.807) is 0 Å². The number of rotatable bonds is 34. The molecular formula is C42H84Cl2O3. The molecule has 0 saturated carbocycles. The average molecular weight is 708 g/mol. The second-order valence-corrected chi connectivity index (χ2v) is 17.8. The van der Waals surface area contributed by atoms with Gasteiger partial charge in [-0.05, 0) is 126 Å². The highest BCUT2D eigenvalue weighted by atomic mass is 35.5. The van der Waals surface area contributed by atoms with Crippen molar-refractivity contribution in [2.45, 2.75) is 221 Å². The predicted molar refractivity (Wildman–Crippen MR) is 210 cm³/mol. The normalized spacial score (nSPS) is 18.6. The van der Waals surface area contributed by atoms with Gasteiger partial charge >= 0.3 is 0 Å². The van der Waals surface area contributed by atoms with Crippen molar-refractivity contribution in [1.29, 1.82) is 0 Å². The number of hydrogen-bond acceptors (Lipinski definition) is 3. The van der Waals surface area contributed by atoms with E-state index in [-0.39, 0.29) is 23.3 Å². The summed E-state index contributed by atoms with van der Waals surface area (Å²) in [7, 11) is 0. The van der Waals surface area contributed by atoms with E-state index in [2.05, 4.69) is 69.2 Å². The van der Waals surface area contributed by atoms with Crippen LogP contribution < -0.4 is 0 Å². The zero-order valence-electron chi connectivity index (χ0n) is 33.3. The van der Waals surface area contributed by atoms with Gasteiger partial charge in [-0.15, -0.1) is 23.2 Å². The van der Waals surface area contributed by atoms with Crippen LogP contribution in [0, 0.1) is 35.5 Å². The Hall–Kier alpha value is 0.460. The molecule has 0 heterocycles. The standard InChI is InChI=1S/C42H84Cl2O3/c1-11-13-15-17-25-45-41(23-19-21-33(3)27-35(5)29-37(7)31-39(9)43)47-42(46-26-18-16-14-12-2)24-20-22-34(4)28-36(6)30-38(8)32-40(10)44/h33-42H,11-32H2,1-10H3. The zero-order valence-corrected chi connectivity index (χ0v) is 34.8. The van der Waals surface area contributed by atoms with Crippen molar-refractivity contribution in [1.82, 2.24) is 0 Å². The fourth-order valence-electron chi connectivity index (χ4n) is 7.78. The van der Waals surface area contributed by atoms with Crippen molar-refractivity contribution in [3.63, 3.8) is 0 Å². The van der Waals surface area contributed by atoms with Gasteiger partial charge < -0.3 is 14.2 Å². The highest BCUT2D eigenvalue weighted by molar-refractivity contribution is 6.20. The number of hydrogen-bond donors (Lipinski definition) is 0. The first-order valence-corrected chi connectivity index (χ1v) is 21.4. The first-order chi connectivity index (χ1) is 22.4. The maximum atomic E-state index is 6.70. The maximum Gasteiger partial charge on any atom is 0.160 e. The van der Waals surface area contributed by atoms with Crippen LogP contribution in [0.2, 0.25) is 0 Å². The van der Waals surface area contributed by atoms with Gasteiger partial charge in [0, 0.05) is 24.0 Å². The molecule has 0 bridgehead atoms. The van der Waals surface area contributed by atoms with E-state index in [1.807, 2.05) is 0 Å². The fraction of sp³-hybridized carbons (Fsp3) is 1.00. The third-order valence-corrected chi connectivity index (χ3v) is 10.2. The first kappa shape index (κ1) is 47.5. The van der Waals surface area contributed by atoms with Gasteiger partial charge in [-0.25, -0.2) is 0 Å². The van der Waals surface area contributed by atoms with Crippen molar-refractivity contribution >= 4 is 23.2 Å². The van der Waals surface area contributed by atoms with Crippen LogP contribution in [0.15, 0.2) is 0 Å². The summed E-state index contributed by atoms with van der Waals surface area (Å²) in [6, 6.07) is 0. The number of ether oxygens (including phenoxy) is 3. The summed E-state index contributed by atoms with van der Waals surface area (Å²) in [5.41, 5.74) is 0. The van der Waals surface area contributed by atoms with Gasteiger partial charge in [0.25, 0.3) is 0 Å². The van der Waals surface area contributed by atoms with Gasteiger partial charge in [0.15, 0.2) is 12.6 Å². The fourth-order valence-corrected chi connectivity index (χ4v) is 8.39. The summed E-state index contributed by atoms with van der Waals surface area (Å²) in [4.78, 5) is 0. The lowest BCUT2D eigenvalue weighted by molar-refractivity contribution is -0.250. The molecule has 0 amide bonds. The molecule has 0 aromatic rings. The Labute approximate surface area is 306 Å². The third kappa shape index (κ3) is 31.0. The summed E-state index contributed by atoms with van der Waals surface area (Å²) < 4.78 is 19.6. The third-order valence-electron chi connectivity index (χ3n) is 9.85. The van der Waals surface area contributed by atoms with Crippen molar-refractivity contribution in [2.75, 3.05) is 13.2 Å². The molecule has 10 atom stereocenters. The van der Waals surface area contributed by atoms with Crippen LogP contribution in [0.3, 0.4) is 0 Å². The second kappa shape index (κ2) is 31.2. The summed E-state index contributed by atoms with van der Waals surface area (Å²) in [6.07, 6.45) is 23.4. The molecule has 0 N–H and O–H groups in total. The number of halogens is 2. The minimum atomic E-state index is -0.171. The van der Waals surface area contributed by atoms with Crippen LogP contribution in [-0.2, 0) is 14.2 Å². The molecule has 0 aliphatic rings. The Balaban J connectivity index is 5.06. The quantitative estimate of drug-likeness (QED) is 0.0379. The van der Waals surface area contributed by atoms with Gasteiger partial charge in [-0.1, -0.05) is 107 Å². The Kier molecular flexibility index (Phi) is 31.5. The summed E-state index contributed by atoms with van der Waals surface area (Å²) in [5.74, 6) is 4.31. The summed E-state index contributed by atoms with van der Waals surface area (Å²) in [6.45, 7) is 24.7. The minimum Gasteiger partial charge on any atom is -0.353 e. The lowest BCUT2D eigenvalue weighted by Crippen LogP contribution is -2.28. The van der Waals surface area contributed by atoms with Crippen LogP contribution in [0.25, 0.3) is 0 Å². The summed E-state index contributed by atoms with van der Waals surface area (Å²) in [5, 5.41) is 0.545. The molecule has 5 heteroatoms. The average Bonchev–Trinajstić information content (AvgIpc) is 2.95. The molecule has 47 heavy (non-hydrogen) atoms. The Morgan fingerprint density at radius 3 is 1.06 bits per heavy atom. The molecule has 3 nitrogen and oxygen atoms in total. The van der Waals surface area contributed by atoms with Crippen LogP contribution in [0.5, 0.6) is 0 Å². The van der Waals surface area contributed by atoms with Gasteiger partial charge in [0.2, 0.25) is 0 Å². The van der Waals surface area contributed by atoms with Crippen molar-refractivity contribution in [3.05, 3.63) is 0 Å². The molecule has 284 valence electrons. The van der Waals surface area contributed by atoms with Crippen molar-refractivity contribution in [2.24, 2.45) is 35.5 Å². The van der Waals surface area contributed by atoms with Crippen LogP contribution >= 0.6 is 23.2 Å². The largest absolute Gasteiger partial charge is 0.353 e. The molecule has 0 aliphatic heterocycles. The van der Waals surface area contributed by atoms with Crippen molar-refractivity contribution < 1.29 is 14.2 Å². The second-order valence-electron chi connectivity index (χ2n) is 16.3. The van der Waals surface area contributed by atoms with E-state index >= 15 is 0 Å². The van der Waals surface area contributed by atoms with E-state index in [9.17, 15) is 0 Å². The highest BCUT2D eigenvalue weighted by Gasteiger charge is 2.21. The lowest BCUT2D eigenvalue weighted by atomic mass is 9.86. The minimum absolute atomic E-state index is 0.171. The van der Waals surface area contributed by atoms with E-state index < -0.39 is 0 Å². The summed E-state index contributed by atoms with van der Waals surface area (Å²) >= 11 is 12.5. The van der Waals surface area contributed by atoms with Crippen LogP contribution in [0.4, 0.5) is 0 Å². The Bertz CT molecular complexity index is 606. The molecule has 0 aliphatic carbocycles. The molecular weight excluding hydrogens is 623 g/mol. The SMILES string of the molecule is CCCCCCOC(CCCC(C)CC(C)CC(C)CC(C)Cl)OC(CCCC(C)CC(C)CC(C)CC(C)Cl)OCCCCCC. The van der Waals surface area contributed by atoms with Crippen LogP contribution in [-0.4, -0.2) is 36.5 Å². The van der Waals surface area contributed by atoms with Gasteiger partial charge in [0.1, 0.15) is 0 Å². The van der Waals surface area contributed by atoms with Crippen molar-refractivity contribution in [3.8, 4) is 0 Å². The number of alkyl halides is 2. The maximum absolute atomic E-state index is 6.70. The smallest absolute Gasteiger partial charge is 0.160 e. The molecule has 10 unspecified atom stereocenters. The molecule has 0 fully saturated rings. The van der Waals surface area contributed by atoms with E-state index in [0.29, 0.717) is 23.7 Å². The Morgan fingerprint density at radius 2 is 0.723 bits per heavy atom. The molecule has 0 rings (SSSR count). The van der Waals surface area contributed by atoms with Gasteiger partial charge in [-0.2, -0.15) is 0 Å². The lowest BCUT2D eigenvalue weighted by Gasteiger charge is -2.27. The van der Waals surface area contributed by atoms with Gasteiger partial charge in [0.05, 0.1) is 0 Å². The van der Waals surface area contributed by atoms with E-state index in [0.717, 1.165) is 76.4 Å². The molecule has 0 aromatic carbocycles. The molecule has 0 radical (unpaired) electrons. The first-order valence-electron chi connectivity index (χ1n) is 20.5. The van der Waals surface area contributed by atoms with Gasteiger partial charge in [-0.3, -0.25) is 0 Å². The molecule has 0 saturated heterocycles. The monoisotopic (exact) mass is 707 g/mol. The predicted octanol–water partition coefficient (Wildman–Crippen LogP) is 14.6. The zero-order chi connectivity index (χ0) is 35.5. The van der Waals surface area contributed by atoms with E-state index in [4.69, 9.17) is 37.4 Å².